The lowest BCUT2D eigenvalue weighted by molar-refractivity contribution is -0.139. The van der Waals surface area contributed by atoms with Crippen molar-refractivity contribution in [3.05, 3.63) is 59.7 Å². The number of carboxylic acid groups (broad SMARTS) is 1. The highest BCUT2D eigenvalue weighted by atomic mass is 16.5. The Morgan fingerprint density at radius 1 is 0.941 bits per heavy atom. The third-order valence-corrected chi connectivity index (χ3v) is 7.00. The van der Waals surface area contributed by atoms with Gasteiger partial charge in [0.25, 0.3) is 0 Å². The molecule has 8 nitrogen and oxygen atoms in total. The van der Waals surface area contributed by atoms with Crippen molar-refractivity contribution >= 4 is 18.0 Å². The van der Waals surface area contributed by atoms with Crippen molar-refractivity contribution in [1.82, 2.24) is 10.6 Å². The Labute approximate surface area is 197 Å². The molecule has 0 aromatic heterocycles. The Morgan fingerprint density at radius 2 is 1.62 bits per heavy atom. The molecule has 1 saturated carbocycles. The van der Waals surface area contributed by atoms with Crippen LogP contribution in [0.15, 0.2) is 48.5 Å². The van der Waals surface area contributed by atoms with Crippen molar-refractivity contribution in [2.45, 2.75) is 37.4 Å². The number of hydrogen-bond acceptors (Lipinski definition) is 5. The lowest BCUT2D eigenvalue weighted by atomic mass is 9.98. The fraction of sp³-hybridized carbons (Fsp3) is 0.423. The molecule has 2 aliphatic carbocycles. The maximum atomic E-state index is 12.3. The highest BCUT2D eigenvalue weighted by molar-refractivity contribution is 5.81. The fourth-order valence-electron chi connectivity index (χ4n) is 5.02. The van der Waals surface area contributed by atoms with E-state index in [0.717, 1.165) is 11.1 Å². The van der Waals surface area contributed by atoms with Crippen LogP contribution < -0.4 is 10.6 Å². The molecule has 0 radical (unpaired) electrons. The van der Waals surface area contributed by atoms with Crippen LogP contribution in [0.3, 0.4) is 0 Å². The van der Waals surface area contributed by atoms with Gasteiger partial charge in [-0.2, -0.15) is 0 Å². The van der Waals surface area contributed by atoms with Crippen LogP contribution in [-0.2, 0) is 19.1 Å². The monoisotopic (exact) mass is 464 g/mol. The second-order valence-corrected chi connectivity index (χ2v) is 9.22. The molecular weight excluding hydrogens is 436 g/mol. The largest absolute Gasteiger partial charge is 0.481 e. The second kappa shape index (κ2) is 9.46. The van der Waals surface area contributed by atoms with Gasteiger partial charge in [0.1, 0.15) is 12.7 Å². The summed E-state index contributed by atoms with van der Waals surface area (Å²) in [4.78, 5) is 35.5. The van der Waals surface area contributed by atoms with Gasteiger partial charge in [-0.15, -0.1) is 0 Å². The molecule has 0 spiro atoms. The summed E-state index contributed by atoms with van der Waals surface area (Å²) in [5.74, 6) is -1.37. The molecule has 2 fully saturated rings. The Balaban J connectivity index is 1.05. The summed E-state index contributed by atoms with van der Waals surface area (Å²) in [5, 5.41) is 14.5. The van der Waals surface area contributed by atoms with Crippen molar-refractivity contribution in [2.24, 2.45) is 11.8 Å². The molecule has 2 unspecified atom stereocenters. The first-order valence-electron chi connectivity index (χ1n) is 11.8. The van der Waals surface area contributed by atoms with Crippen LogP contribution >= 0.6 is 0 Å². The van der Waals surface area contributed by atoms with Gasteiger partial charge in [0.05, 0.1) is 12.0 Å². The number of benzene rings is 2. The molecule has 3 N–H and O–H groups in total. The molecule has 1 aliphatic heterocycles. The summed E-state index contributed by atoms with van der Waals surface area (Å²) in [6.45, 7) is 0.872. The number of hydrogen-bond donors (Lipinski definition) is 3. The molecule has 178 valence electrons. The first kappa shape index (κ1) is 22.4. The number of carbonyl (C=O) groups is 3. The zero-order valence-electron chi connectivity index (χ0n) is 18.7. The normalized spacial score (nSPS) is 24.7. The number of ether oxygens (including phenoxy) is 2. The summed E-state index contributed by atoms with van der Waals surface area (Å²) in [6.07, 6.45) is 0.485. The van der Waals surface area contributed by atoms with Crippen molar-refractivity contribution < 1.29 is 29.0 Å². The van der Waals surface area contributed by atoms with E-state index in [1.54, 1.807) is 0 Å². The Kier molecular flexibility index (Phi) is 6.24. The van der Waals surface area contributed by atoms with Gasteiger partial charge in [-0.1, -0.05) is 48.5 Å². The van der Waals surface area contributed by atoms with Crippen molar-refractivity contribution in [1.29, 1.82) is 0 Å². The average molecular weight is 465 g/mol. The number of amides is 2. The standard InChI is InChI=1S/C26H28N2O6/c29-24(27-12-15-11-21(15)25(30)31)23-10-9-16(34-23)13-28-26(32)33-14-22-19-7-3-1-5-17(19)18-6-2-4-8-20(18)22/h1-8,15-16,21-23H,9-14H2,(H,27,29)(H,28,32)(H,30,31)/t15-,16?,21-,23?/m1/s1. The second-order valence-electron chi connectivity index (χ2n) is 9.22. The van der Waals surface area contributed by atoms with E-state index in [1.807, 2.05) is 24.3 Å². The van der Waals surface area contributed by atoms with Crippen LogP contribution in [0.5, 0.6) is 0 Å². The molecule has 2 aromatic rings. The lowest BCUT2D eigenvalue weighted by Crippen LogP contribution is -2.38. The molecule has 1 heterocycles. The van der Waals surface area contributed by atoms with Crippen LogP contribution in [0.4, 0.5) is 4.79 Å². The van der Waals surface area contributed by atoms with E-state index < -0.39 is 18.2 Å². The molecular formula is C26H28N2O6. The third-order valence-electron chi connectivity index (χ3n) is 7.00. The zero-order valence-corrected chi connectivity index (χ0v) is 18.7. The predicted octanol–water partition coefficient (Wildman–Crippen LogP) is 2.91. The number of carbonyl (C=O) groups excluding carboxylic acids is 2. The van der Waals surface area contributed by atoms with Gasteiger partial charge in [-0.05, 0) is 47.4 Å². The minimum Gasteiger partial charge on any atom is -0.481 e. The van der Waals surface area contributed by atoms with Crippen LogP contribution in [0.1, 0.15) is 36.3 Å². The van der Waals surface area contributed by atoms with Gasteiger partial charge in [0.2, 0.25) is 5.91 Å². The van der Waals surface area contributed by atoms with Gasteiger partial charge in [-0.25, -0.2) is 4.79 Å². The van der Waals surface area contributed by atoms with E-state index in [0.29, 0.717) is 25.8 Å². The number of rotatable bonds is 8. The predicted molar refractivity (Wildman–Crippen MR) is 123 cm³/mol. The maximum Gasteiger partial charge on any atom is 0.407 e. The highest BCUT2D eigenvalue weighted by Gasteiger charge is 2.43. The van der Waals surface area contributed by atoms with Gasteiger partial charge in [0, 0.05) is 19.0 Å². The SMILES string of the molecule is O=C(NCC1CCC(C(=O)NC[C@H]2C[C@H]2C(=O)O)O1)OCC1c2ccccc2-c2ccccc21. The molecule has 2 amide bonds. The number of nitrogens with one attached hydrogen (secondary N) is 2. The van der Waals surface area contributed by atoms with E-state index in [9.17, 15) is 14.4 Å². The van der Waals surface area contributed by atoms with Crippen molar-refractivity contribution in [3.63, 3.8) is 0 Å². The summed E-state index contributed by atoms with van der Waals surface area (Å²) >= 11 is 0. The quantitative estimate of drug-likeness (QED) is 0.554. The van der Waals surface area contributed by atoms with E-state index >= 15 is 0 Å². The summed E-state index contributed by atoms with van der Waals surface area (Å²) in [5.41, 5.74) is 4.67. The van der Waals surface area contributed by atoms with Crippen molar-refractivity contribution in [3.8, 4) is 11.1 Å². The van der Waals surface area contributed by atoms with Gasteiger partial charge in [0.15, 0.2) is 0 Å². The van der Waals surface area contributed by atoms with Crippen molar-refractivity contribution in [2.75, 3.05) is 19.7 Å². The van der Waals surface area contributed by atoms with Crippen LogP contribution in [0.25, 0.3) is 11.1 Å². The van der Waals surface area contributed by atoms with Gasteiger partial charge >= 0.3 is 12.1 Å². The number of carboxylic acids is 1. The summed E-state index contributed by atoms with van der Waals surface area (Å²) in [7, 11) is 0. The molecule has 34 heavy (non-hydrogen) atoms. The van der Waals surface area contributed by atoms with Crippen LogP contribution in [0.2, 0.25) is 0 Å². The highest BCUT2D eigenvalue weighted by Crippen LogP contribution is 2.44. The first-order chi connectivity index (χ1) is 16.5. The number of aliphatic carboxylic acids is 1. The fourth-order valence-corrected chi connectivity index (χ4v) is 5.02. The van der Waals surface area contributed by atoms with E-state index in [1.165, 1.54) is 11.1 Å². The molecule has 1 saturated heterocycles. The van der Waals surface area contributed by atoms with Gasteiger partial charge in [-0.3, -0.25) is 9.59 Å². The molecule has 3 aliphatic rings. The van der Waals surface area contributed by atoms with E-state index in [-0.39, 0.29) is 42.9 Å². The smallest absolute Gasteiger partial charge is 0.407 e. The summed E-state index contributed by atoms with van der Waals surface area (Å²) < 4.78 is 11.3. The Bertz CT molecular complexity index is 1060. The Morgan fingerprint density at radius 3 is 2.26 bits per heavy atom. The number of fused-ring (bicyclic) bond motifs is 3. The molecule has 4 atom stereocenters. The van der Waals surface area contributed by atoms with E-state index in [2.05, 4.69) is 34.9 Å². The molecule has 8 heteroatoms. The Hall–Kier alpha value is -3.39. The molecule has 0 bridgehead atoms. The maximum absolute atomic E-state index is 12.3. The molecule has 5 rings (SSSR count). The molecule has 2 aromatic carbocycles. The number of alkyl carbamates (subject to hydrolysis) is 1. The van der Waals surface area contributed by atoms with E-state index in [4.69, 9.17) is 14.6 Å². The van der Waals surface area contributed by atoms with Crippen LogP contribution in [0, 0.1) is 11.8 Å². The minimum atomic E-state index is -0.810. The lowest BCUT2D eigenvalue weighted by Gasteiger charge is -2.16. The minimum absolute atomic E-state index is 0.00106. The topological polar surface area (TPSA) is 114 Å². The average Bonchev–Trinajstić information content (AvgIpc) is 3.36. The zero-order chi connectivity index (χ0) is 23.7. The van der Waals surface area contributed by atoms with Crippen LogP contribution in [-0.4, -0.2) is 55.0 Å². The van der Waals surface area contributed by atoms with Gasteiger partial charge < -0.3 is 25.2 Å². The first-order valence-corrected chi connectivity index (χ1v) is 11.8. The third kappa shape index (κ3) is 4.63. The summed E-state index contributed by atoms with van der Waals surface area (Å²) in [6, 6.07) is 16.3.